The molecule has 0 N–H and O–H groups in total. The van der Waals surface area contributed by atoms with Crippen molar-refractivity contribution in [1.82, 2.24) is 0 Å². The molecule has 0 saturated heterocycles. The van der Waals surface area contributed by atoms with E-state index < -0.39 is 9.05 Å². The Bertz CT molecular complexity index is 517. The Morgan fingerprint density at radius 1 is 1.42 bits per heavy atom. The van der Waals surface area contributed by atoms with Crippen LogP contribution in [0.3, 0.4) is 0 Å². The maximum Gasteiger partial charge on any atom is 0.232 e. The third-order valence-corrected chi connectivity index (χ3v) is 4.01. The molecule has 1 aromatic carbocycles. The second-order valence-electron chi connectivity index (χ2n) is 4.58. The summed E-state index contributed by atoms with van der Waals surface area (Å²) in [6.07, 6.45) is 1.53. The first-order chi connectivity index (χ1) is 8.81. The highest BCUT2D eigenvalue weighted by atomic mass is 35.7. The second kappa shape index (κ2) is 7.10. The summed E-state index contributed by atoms with van der Waals surface area (Å²) in [6.45, 7) is 3.83. The van der Waals surface area contributed by atoms with Gasteiger partial charge in [-0.3, -0.25) is 0 Å². The lowest BCUT2D eigenvalue weighted by Gasteiger charge is -2.15. The predicted molar refractivity (Wildman–Crippen MR) is 74.7 cm³/mol. The van der Waals surface area contributed by atoms with E-state index in [1.54, 1.807) is 19.1 Å². The summed E-state index contributed by atoms with van der Waals surface area (Å²) in [4.78, 5) is 0. The Hall–Kier alpha value is -0.810. The van der Waals surface area contributed by atoms with E-state index in [1.807, 2.05) is 6.92 Å². The Morgan fingerprint density at radius 2 is 2.11 bits per heavy atom. The highest BCUT2D eigenvalue weighted by Gasteiger charge is 2.17. The lowest BCUT2D eigenvalue weighted by atomic mass is 10.1. The van der Waals surface area contributed by atoms with E-state index in [2.05, 4.69) is 0 Å². The van der Waals surface area contributed by atoms with Crippen LogP contribution < -0.4 is 4.74 Å². The molecule has 0 saturated carbocycles. The van der Waals surface area contributed by atoms with Crippen molar-refractivity contribution >= 4 is 19.7 Å². The molecule has 1 atom stereocenters. The number of aryl methyl sites for hydroxylation is 1. The topological polar surface area (TPSA) is 43.4 Å². The van der Waals surface area contributed by atoms with Gasteiger partial charge in [-0.05, 0) is 25.0 Å². The van der Waals surface area contributed by atoms with Crippen LogP contribution >= 0.6 is 10.7 Å². The number of ether oxygens (including phenoxy) is 1. The van der Waals surface area contributed by atoms with Gasteiger partial charge < -0.3 is 4.74 Å². The molecule has 0 aliphatic carbocycles. The van der Waals surface area contributed by atoms with Gasteiger partial charge in [0.2, 0.25) is 9.05 Å². The molecule has 3 nitrogen and oxygen atoms in total. The molecule has 0 heterocycles. The van der Waals surface area contributed by atoms with Gasteiger partial charge in [0, 0.05) is 22.7 Å². The monoisotopic (exact) mass is 308 g/mol. The molecular formula is C13H18ClFO3S. The van der Waals surface area contributed by atoms with Crippen LogP contribution in [-0.2, 0) is 9.05 Å². The molecule has 0 spiro atoms. The van der Waals surface area contributed by atoms with Gasteiger partial charge in [0.05, 0.1) is 12.4 Å². The van der Waals surface area contributed by atoms with Crippen molar-refractivity contribution in [1.29, 1.82) is 0 Å². The molecular weight excluding hydrogens is 291 g/mol. The summed E-state index contributed by atoms with van der Waals surface area (Å²) in [6, 6.07) is 4.59. The zero-order valence-corrected chi connectivity index (χ0v) is 12.6. The summed E-state index contributed by atoms with van der Waals surface area (Å²) in [7, 11) is 1.70. The average Bonchev–Trinajstić information content (AvgIpc) is 2.29. The normalized spacial score (nSPS) is 13.3. The average molecular weight is 309 g/mol. The van der Waals surface area contributed by atoms with E-state index in [1.165, 1.54) is 6.07 Å². The summed E-state index contributed by atoms with van der Waals surface area (Å²) < 4.78 is 40.9. The predicted octanol–water partition coefficient (Wildman–Crippen LogP) is 3.50. The SMILES string of the molecule is CCCC(COc1ccc(C)c(F)c1)CS(=O)(=O)Cl. The van der Waals surface area contributed by atoms with Crippen LogP contribution in [0.1, 0.15) is 25.3 Å². The van der Waals surface area contributed by atoms with Crippen LogP contribution in [0, 0.1) is 18.7 Å². The summed E-state index contributed by atoms with van der Waals surface area (Å²) >= 11 is 0. The van der Waals surface area contributed by atoms with Crippen LogP contribution in [0.2, 0.25) is 0 Å². The molecule has 1 rings (SSSR count). The van der Waals surface area contributed by atoms with Crippen LogP contribution in [0.15, 0.2) is 18.2 Å². The first-order valence-corrected chi connectivity index (χ1v) is 8.61. The minimum absolute atomic E-state index is 0.128. The van der Waals surface area contributed by atoms with Crippen LogP contribution in [-0.4, -0.2) is 20.8 Å². The molecule has 1 aromatic rings. The highest BCUT2D eigenvalue weighted by Crippen LogP contribution is 2.19. The van der Waals surface area contributed by atoms with E-state index in [-0.39, 0.29) is 24.1 Å². The minimum Gasteiger partial charge on any atom is -0.493 e. The van der Waals surface area contributed by atoms with Gasteiger partial charge in [0.1, 0.15) is 11.6 Å². The lowest BCUT2D eigenvalue weighted by Crippen LogP contribution is -2.19. The van der Waals surface area contributed by atoms with E-state index in [0.717, 1.165) is 6.42 Å². The molecule has 19 heavy (non-hydrogen) atoms. The number of halogens is 2. The molecule has 0 bridgehead atoms. The van der Waals surface area contributed by atoms with Gasteiger partial charge in [0.25, 0.3) is 0 Å². The van der Waals surface area contributed by atoms with Gasteiger partial charge in [0.15, 0.2) is 0 Å². The Labute approximate surface area is 118 Å². The van der Waals surface area contributed by atoms with Gasteiger partial charge in [-0.25, -0.2) is 12.8 Å². The Kier molecular flexibility index (Phi) is 6.07. The van der Waals surface area contributed by atoms with Crippen LogP contribution in [0.5, 0.6) is 5.75 Å². The second-order valence-corrected chi connectivity index (χ2v) is 7.40. The van der Waals surface area contributed by atoms with Crippen molar-refractivity contribution in [3.05, 3.63) is 29.6 Å². The first-order valence-electron chi connectivity index (χ1n) is 6.13. The van der Waals surface area contributed by atoms with E-state index in [4.69, 9.17) is 15.4 Å². The van der Waals surface area contributed by atoms with Gasteiger partial charge in [-0.2, -0.15) is 0 Å². The van der Waals surface area contributed by atoms with Crippen molar-refractivity contribution in [2.24, 2.45) is 5.92 Å². The molecule has 108 valence electrons. The smallest absolute Gasteiger partial charge is 0.232 e. The summed E-state index contributed by atoms with van der Waals surface area (Å²) in [5.74, 6) is -0.251. The fraction of sp³-hybridized carbons (Fsp3) is 0.538. The zero-order chi connectivity index (χ0) is 14.5. The quantitative estimate of drug-likeness (QED) is 0.724. The van der Waals surface area contributed by atoms with E-state index in [9.17, 15) is 12.8 Å². The molecule has 6 heteroatoms. The van der Waals surface area contributed by atoms with Crippen LogP contribution in [0.25, 0.3) is 0 Å². The van der Waals surface area contributed by atoms with Gasteiger partial charge >= 0.3 is 0 Å². The fourth-order valence-electron chi connectivity index (χ4n) is 1.78. The molecule has 0 amide bonds. The van der Waals surface area contributed by atoms with E-state index in [0.29, 0.717) is 17.7 Å². The standard InChI is InChI=1S/C13H18ClFO3S/c1-3-4-11(9-19(14,16)17)8-18-12-6-5-10(2)13(15)7-12/h5-7,11H,3-4,8-9H2,1-2H3. The molecule has 1 unspecified atom stereocenters. The third-order valence-electron chi connectivity index (χ3n) is 2.76. The van der Waals surface area contributed by atoms with Gasteiger partial charge in [-0.1, -0.05) is 19.4 Å². The molecule has 0 radical (unpaired) electrons. The minimum atomic E-state index is -3.55. The molecule has 0 fully saturated rings. The van der Waals surface area contributed by atoms with Gasteiger partial charge in [-0.15, -0.1) is 0 Å². The van der Waals surface area contributed by atoms with Crippen LogP contribution in [0.4, 0.5) is 4.39 Å². The third kappa shape index (κ3) is 6.25. The van der Waals surface area contributed by atoms with E-state index >= 15 is 0 Å². The summed E-state index contributed by atoms with van der Waals surface area (Å²) in [5, 5.41) is 0. The maximum atomic E-state index is 13.3. The zero-order valence-electron chi connectivity index (χ0n) is 11.0. The lowest BCUT2D eigenvalue weighted by molar-refractivity contribution is 0.252. The van der Waals surface area contributed by atoms with Crippen molar-refractivity contribution in [3.8, 4) is 5.75 Å². The number of benzene rings is 1. The Morgan fingerprint density at radius 3 is 2.63 bits per heavy atom. The maximum absolute atomic E-state index is 13.3. The summed E-state index contributed by atoms with van der Waals surface area (Å²) in [5.41, 5.74) is 0.542. The number of rotatable bonds is 7. The first kappa shape index (κ1) is 16.2. The number of hydrogen-bond donors (Lipinski definition) is 0. The van der Waals surface area contributed by atoms with Crippen molar-refractivity contribution in [2.75, 3.05) is 12.4 Å². The van der Waals surface area contributed by atoms with Crippen molar-refractivity contribution in [2.45, 2.75) is 26.7 Å². The van der Waals surface area contributed by atoms with Crippen molar-refractivity contribution in [3.63, 3.8) is 0 Å². The molecule has 0 aliphatic rings. The molecule has 0 aromatic heterocycles. The fourth-order valence-corrected chi connectivity index (χ4v) is 3.14. The number of hydrogen-bond acceptors (Lipinski definition) is 3. The highest BCUT2D eigenvalue weighted by molar-refractivity contribution is 8.13. The molecule has 0 aliphatic heterocycles. The largest absolute Gasteiger partial charge is 0.493 e. The Balaban J connectivity index is 2.62. The van der Waals surface area contributed by atoms with Crippen molar-refractivity contribution < 1.29 is 17.5 Å².